The van der Waals surface area contributed by atoms with Crippen LogP contribution in [-0.4, -0.2) is 26.1 Å². The van der Waals surface area contributed by atoms with E-state index < -0.39 is 0 Å². The van der Waals surface area contributed by atoms with Crippen LogP contribution in [0.5, 0.6) is 0 Å². The van der Waals surface area contributed by atoms with Gasteiger partial charge in [0.2, 0.25) is 0 Å². The predicted molar refractivity (Wildman–Crippen MR) is 57.1 cm³/mol. The topological polar surface area (TPSA) is 27.7 Å². The van der Waals surface area contributed by atoms with Crippen molar-refractivity contribution < 1.29 is 14.2 Å². The normalized spacial score (nSPS) is 20.9. The van der Waals surface area contributed by atoms with Crippen LogP contribution >= 0.6 is 0 Å². The zero-order valence-corrected chi connectivity index (χ0v) is 8.46. The van der Waals surface area contributed by atoms with Gasteiger partial charge in [-0.15, -0.1) is 0 Å². The van der Waals surface area contributed by atoms with Crippen LogP contribution < -0.4 is 0 Å². The van der Waals surface area contributed by atoms with E-state index in [0.717, 1.165) is 5.56 Å². The summed E-state index contributed by atoms with van der Waals surface area (Å²) in [5.74, 6) is 0. The highest BCUT2D eigenvalue weighted by molar-refractivity contribution is 5.47. The Kier molecular flexibility index (Phi) is 3.77. The van der Waals surface area contributed by atoms with Gasteiger partial charge < -0.3 is 14.2 Å². The van der Waals surface area contributed by atoms with E-state index in [1.165, 1.54) is 0 Å². The van der Waals surface area contributed by atoms with Gasteiger partial charge in [-0.25, -0.2) is 0 Å². The molecule has 1 heterocycles. The standard InChI is InChI=1S/C12H14O3/c1-2-4-11(5-3-1)6-7-13-8-12-9-14-10-15-12/h1-7,12H,8-10H2/b7-6+. The molecule has 0 radical (unpaired) electrons. The molecule has 1 atom stereocenters. The Morgan fingerprint density at radius 1 is 1.33 bits per heavy atom. The first-order chi connectivity index (χ1) is 7.45. The fourth-order valence-corrected chi connectivity index (χ4v) is 1.32. The Balaban J connectivity index is 1.71. The highest BCUT2D eigenvalue weighted by atomic mass is 16.7. The van der Waals surface area contributed by atoms with Gasteiger partial charge in [0.25, 0.3) is 0 Å². The van der Waals surface area contributed by atoms with E-state index in [-0.39, 0.29) is 6.10 Å². The molecule has 1 aliphatic rings. The molecule has 1 aromatic rings. The summed E-state index contributed by atoms with van der Waals surface area (Å²) >= 11 is 0. The third-order valence-corrected chi connectivity index (χ3v) is 2.13. The van der Waals surface area contributed by atoms with Gasteiger partial charge in [-0.05, 0) is 11.6 Å². The number of hydrogen-bond donors (Lipinski definition) is 0. The van der Waals surface area contributed by atoms with Crippen molar-refractivity contribution >= 4 is 6.08 Å². The fraction of sp³-hybridized carbons (Fsp3) is 0.333. The number of rotatable bonds is 4. The predicted octanol–water partition coefficient (Wildman–Crippen LogP) is 2.05. The highest BCUT2D eigenvalue weighted by Crippen LogP contribution is 2.05. The van der Waals surface area contributed by atoms with Crippen molar-refractivity contribution in [3.05, 3.63) is 42.2 Å². The van der Waals surface area contributed by atoms with Crippen molar-refractivity contribution in [3.63, 3.8) is 0 Å². The number of ether oxygens (including phenoxy) is 3. The Morgan fingerprint density at radius 2 is 2.20 bits per heavy atom. The lowest BCUT2D eigenvalue weighted by atomic mass is 10.2. The first-order valence-electron chi connectivity index (χ1n) is 4.98. The van der Waals surface area contributed by atoms with Crippen LogP contribution in [0.4, 0.5) is 0 Å². The maximum Gasteiger partial charge on any atom is 0.147 e. The van der Waals surface area contributed by atoms with Gasteiger partial charge in [0, 0.05) is 0 Å². The molecule has 15 heavy (non-hydrogen) atoms. The van der Waals surface area contributed by atoms with Gasteiger partial charge in [0.15, 0.2) is 0 Å². The molecule has 1 fully saturated rings. The van der Waals surface area contributed by atoms with Crippen molar-refractivity contribution in [1.82, 2.24) is 0 Å². The van der Waals surface area contributed by atoms with Gasteiger partial charge >= 0.3 is 0 Å². The van der Waals surface area contributed by atoms with Crippen LogP contribution in [0.3, 0.4) is 0 Å². The summed E-state index contributed by atoms with van der Waals surface area (Å²) in [7, 11) is 0. The van der Waals surface area contributed by atoms with Crippen LogP contribution in [-0.2, 0) is 14.2 Å². The second-order valence-corrected chi connectivity index (χ2v) is 3.32. The molecule has 1 aliphatic heterocycles. The van der Waals surface area contributed by atoms with Crippen LogP contribution in [0.2, 0.25) is 0 Å². The summed E-state index contributed by atoms with van der Waals surface area (Å²) in [4.78, 5) is 0. The summed E-state index contributed by atoms with van der Waals surface area (Å²) in [6, 6.07) is 10.0. The van der Waals surface area contributed by atoms with E-state index in [2.05, 4.69) is 0 Å². The molecule has 2 rings (SSSR count). The van der Waals surface area contributed by atoms with Gasteiger partial charge in [-0.2, -0.15) is 0 Å². The van der Waals surface area contributed by atoms with Crippen LogP contribution in [0, 0.1) is 0 Å². The fourth-order valence-electron chi connectivity index (χ4n) is 1.32. The van der Waals surface area contributed by atoms with Crippen molar-refractivity contribution in [2.24, 2.45) is 0 Å². The van der Waals surface area contributed by atoms with Gasteiger partial charge in [0.05, 0.1) is 12.9 Å². The SMILES string of the molecule is C(=C\c1ccccc1)/OCC1COCO1. The zero-order valence-electron chi connectivity index (χ0n) is 8.46. The molecular formula is C12H14O3. The lowest BCUT2D eigenvalue weighted by molar-refractivity contribution is 0.0251. The maximum atomic E-state index is 5.34. The summed E-state index contributed by atoms with van der Waals surface area (Å²) in [6.07, 6.45) is 3.69. The van der Waals surface area contributed by atoms with Crippen LogP contribution in [0.1, 0.15) is 5.56 Å². The molecule has 3 nitrogen and oxygen atoms in total. The monoisotopic (exact) mass is 206 g/mol. The Bertz CT molecular complexity index is 302. The van der Waals surface area contributed by atoms with Gasteiger partial charge in [-0.1, -0.05) is 30.3 Å². The Hall–Kier alpha value is -1.32. The molecule has 0 N–H and O–H groups in total. The largest absolute Gasteiger partial charge is 0.498 e. The molecule has 0 saturated carbocycles. The molecular weight excluding hydrogens is 192 g/mol. The summed E-state index contributed by atoms with van der Waals surface area (Å²) < 4.78 is 15.6. The average Bonchev–Trinajstić information content (AvgIpc) is 2.79. The van der Waals surface area contributed by atoms with E-state index in [9.17, 15) is 0 Å². The molecule has 0 aliphatic carbocycles. The average molecular weight is 206 g/mol. The maximum absolute atomic E-state index is 5.34. The minimum Gasteiger partial charge on any atom is -0.498 e. The van der Waals surface area contributed by atoms with Crippen molar-refractivity contribution in [1.29, 1.82) is 0 Å². The molecule has 3 heteroatoms. The number of hydrogen-bond acceptors (Lipinski definition) is 3. The second kappa shape index (κ2) is 5.53. The smallest absolute Gasteiger partial charge is 0.147 e. The molecule has 0 bridgehead atoms. The van der Waals surface area contributed by atoms with Gasteiger partial charge in [0.1, 0.15) is 19.5 Å². The Morgan fingerprint density at radius 3 is 2.93 bits per heavy atom. The summed E-state index contributed by atoms with van der Waals surface area (Å²) in [5.41, 5.74) is 1.13. The minimum atomic E-state index is 0.0745. The van der Waals surface area contributed by atoms with E-state index in [1.807, 2.05) is 36.4 Å². The zero-order chi connectivity index (χ0) is 10.3. The molecule has 80 valence electrons. The lowest BCUT2D eigenvalue weighted by Crippen LogP contribution is -2.15. The molecule has 1 saturated heterocycles. The van der Waals surface area contributed by atoms with E-state index in [0.29, 0.717) is 20.0 Å². The van der Waals surface area contributed by atoms with Crippen molar-refractivity contribution in [2.75, 3.05) is 20.0 Å². The number of benzene rings is 1. The molecule has 0 spiro atoms. The molecule has 1 aromatic carbocycles. The third-order valence-electron chi connectivity index (χ3n) is 2.13. The Labute approximate surface area is 89.3 Å². The quantitative estimate of drug-likeness (QED) is 0.706. The first kappa shape index (κ1) is 10.2. The molecule has 1 unspecified atom stereocenters. The van der Waals surface area contributed by atoms with E-state index >= 15 is 0 Å². The minimum absolute atomic E-state index is 0.0745. The second-order valence-electron chi connectivity index (χ2n) is 3.32. The summed E-state index contributed by atoms with van der Waals surface area (Å²) in [5, 5.41) is 0. The highest BCUT2D eigenvalue weighted by Gasteiger charge is 2.15. The van der Waals surface area contributed by atoms with Gasteiger partial charge in [-0.3, -0.25) is 0 Å². The lowest BCUT2D eigenvalue weighted by Gasteiger charge is -2.05. The van der Waals surface area contributed by atoms with Crippen molar-refractivity contribution in [3.8, 4) is 0 Å². The van der Waals surface area contributed by atoms with Crippen molar-refractivity contribution in [2.45, 2.75) is 6.10 Å². The molecule has 0 aromatic heterocycles. The van der Waals surface area contributed by atoms with E-state index in [4.69, 9.17) is 14.2 Å². The van der Waals surface area contributed by atoms with E-state index in [1.54, 1.807) is 6.26 Å². The first-order valence-corrected chi connectivity index (χ1v) is 4.98. The van der Waals surface area contributed by atoms with Crippen LogP contribution in [0.15, 0.2) is 36.6 Å². The van der Waals surface area contributed by atoms with Crippen LogP contribution in [0.25, 0.3) is 6.08 Å². The molecule has 0 amide bonds. The third kappa shape index (κ3) is 3.38. The summed E-state index contributed by atoms with van der Waals surface area (Å²) in [6.45, 7) is 1.55.